The van der Waals surface area contributed by atoms with E-state index in [4.69, 9.17) is 0 Å². The number of anilines is 2. The Balaban J connectivity index is 1.62. The summed E-state index contributed by atoms with van der Waals surface area (Å²) in [5, 5.41) is 12.5. The topological polar surface area (TPSA) is 78.3 Å². The van der Waals surface area contributed by atoms with Crippen LogP contribution in [-0.2, 0) is 5.41 Å². The minimum Gasteiger partial charge on any atom is -0.477 e. The molecule has 6 heteroatoms. The van der Waals surface area contributed by atoms with Crippen LogP contribution in [0.1, 0.15) is 79.8 Å². The van der Waals surface area contributed by atoms with E-state index in [-0.39, 0.29) is 27.6 Å². The van der Waals surface area contributed by atoms with Crippen LogP contribution < -0.4 is 10.5 Å². The van der Waals surface area contributed by atoms with E-state index in [0.29, 0.717) is 5.69 Å². The molecule has 0 fully saturated rings. The summed E-state index contributed by atoms with van der Waals surface area (Å²) < 4.78 is 1.24. The van der Waals surface area contributed by atoms with Gasteiger partial charge in [0.25, 0.3) is 5.56 Å². The van der Waals surface area contributed by atoms with Gasteiger partial charge in [-0.05, 0) is 109 Å². The van der Waals surface area contributed by atoms with Gasteiger partial charge in [0, 0.05) is 16.9 Å². The lowest BCUT2D eigenvalue weighted by atomic mass is 9.52. The second-order valence-corrected chi connectivity index (χ2v) is 12.9. The highest BCUT2D eigenvalue weighted by Gasteiger charge is 2.56. The van der Waals surface area contributed by atoms with Crippen LogP contribution in [0.25, 0.3) is 17.8 Å². The lowest BCUT2D eigenvalue weighted by Crippen LogP contribution is -2.63. The summed E-state index contributed by atoms with van der Waals surface area (Å²) in [6, 6.07) is 22.0. The number of rotatable bonds is 5. The van der Waals surface area contributed by atoms with Crippen LogP contribution in [0.5, 0.6) is 0 Å². The molecule has 5 rings (SSSR count). The maximum Gasteiger partial charge on any atom is 0.354 e. The van der Waals surface area contributed by atoms with Crippen molar-refractivity contribution in [2.24, 2.45) is 5.41 Å². The first kappa shape index (κ1) is 29.0. The van der Waals surface area contributed by atoms with Crippen molar-refractivity contribution < 1.29 is 9.90 Å². The summed E-state index contributed by atoms with van der Waals surface area (Å²) in [6.07, 6.45) is 3.25. The molecule has 0 aliphatic carbocycles. The van der Waals surface area contributed by atoms with Gasteiger partial charge in [0.05, 0.1) is 11.3 Å². The molecule has 1 aliphatic rings. The van der Waals surface area contributed by atoms with Crippen LogP contribution in [-0.4, -0.2) is 26.4 Å². The first-order valence-corrected chi connectivity index (χ1v) is 14.3. The largest absolute Gasteiger partial charge is 0.477 e. The van der Waals surface area contributed by atoms with Crippen molar-refractivity contribution in [3.05, 3.63) is 116 Å². The molecule has 0 unspecified atom stereocenters. The van der Waals surface area contributed by atoms with E-state index in [1.165, 1.54) is 38.8 Å². The monoisotopic (exact) mass is 561 g/mol. The van der Waals surface area contributed by atoms with Crippen molar-refractivity contribution >= 4 is 29.5 Å². The van der Waals surface area contributed by atoms with E-state index in [9.17, 15) is 14.7 Å². The number of aromatic amines is 1. The minimum atomic E-state index is -1.21. The average molecular weight is 562 g/mol. The standard InChI is InChI=1S/C36H39N3O3/c1-23-19-24(2)21-27(20-23)38-30-18-17-25(22-29(30)34(3,4)35(5,6)36(38,7)8)13-12-16-28-31(33(41)42)37-39(32(28)40)26-14-10-9-11-15-26/h9-11,13-22,37H,1-8H3,(H,41,42). The lowest BCUT2D eigenvalue weighted by Gasteiger charge is -2.62. The van der Waals surface area contributed by atoms with Gasteiger partial charge in [0.15, 0.2) is 5.69 Å². The Bertz CT molecular complexity index is 1790. The summed E-state index contributed by atoms with van der Waals surface area (Å²) >= 11 is 0. The van der Waals surface area contributed by atoms with Crippen LogP contribution in [0.15, 0.2) is 77.3 Å². The third kappa shape index (κ3) is 4.53. The number of carbonyl (C=O) groups is 1. The molecule has 1 aliphatic heterocycles. The zero-order chi connectivity index (χ0) is 30.6. The smallest absolute Gasteiger partial charge is 0.354 e. The maximum absolute atomic E-state index is 13.1. The summed E-state index contributed by atoms with van der Waals surface area (Å²) in [4.78, 5) is 27.6. The van der Waals surface area contributed by atoms with Crippen LogP contribution in [0.2, 0.25) is 0 Å². The summed E-state index contributed by atoms with van der Waals surface area (Å²) in [6.45, 7) is 18.2. The molecular formula is C36H39N3O3. The molecule has 42 heavy (non-hydrogen) atoms. The molecule has 4 aromatic rings. The third-order valence-electron chi connectivity index (χ3n) is 9.68. The third-order valence-corrected chi connectivity index (χ3v) is 9.68. The maximum atomic E-state index is 13.1. The second-order valence-electron chi connectivity index (χ2n) is 12.9. The fourth-order valence-electron chi connectivity index (χ4n) is 6.29. The number of aryl methyl sites for hydroxylation is 2. The Morgan fingerprint density at radius 3 is 2.12 bits per heavy atom. The Kier molecular flexibility index (Phi) is 6.95. The highest BCUT2D eigenvalue weighted by Crippen LogP contribution is 2.60. The molecule has 0 amide bonds. The zero-order valence-corrected chi connectivity index (χ0v) is 25.7. The Hall–Kier alpha value is -4.54. The fourth-order valence-corrected chi connectivity index (χ4v) is 6.29. The first-order chi connectivity index (χ1) is 19.7. The summed E-state index contributed by atoms with van der Waals surface area (Å²) in [5.41, 5.74) is 9.53. The number of aromatic nitrogens is 2. The molecule has 0 radical (unpaired) electrons. The number of aromatic carboxylic acids is 1. The first-order valence-electron chi connectivity index (χ1n) is 14.3. The predicted octanol–water partition coefficient (Wildman–Crippen LogP) is 8.04. The Morgan fingerprint density at radius 2 is 1.50 bits per heavy atom. The molecule has 3 aromatic carbocycles. The molecular weight excluding hydrogens is 522 g/mol. The van der Waals surface area contributed by atoms with Gasteiger partial charge in [0.1, 0.15) is 0 Å². The van der Waals surface area contributed by atoms with Crippen LogP contribution >= 0.6 is 0 Å². The quantitative estimate of drug-likeness (QED) is 0.242. The number of H-pyrrole nitrogens is 1. The summed E-state index contributed by atoms with van der Waals surface area (Å²) in [7, 11) is 0. The van der Waals surface area contributed by atoms with Crippen LogP contribution in [0.3, 0.4) is 0 Å². The van der Waals surface area contributed by atoms with Gasteiger partial charge in [-0.3, -0.25) is 9.89 Å². The average Bonchev–Trinajstić information content (AvgIpc) is 3.24. The van der Waals surface area contributed by atoms with Gasteiger partial charge in [-0.15, -0.1) is 5.73 Å². The molecule has 6 nitrogen and oxygen atoms in total. The van der Waals surface area contributed by atoms with Gasteiger partial charge in [0.2, 0.25) is 0 Å². The number of carboxylic acids is 1. The number of hydrogen-bond acceptors (Lipinski definition) is 3. The highest BCUT2D eigenvalue weighted by molar-refractivity contribution is 5.90. The SMILES string of the molecule is Cc1cc(C)cc(N2c3ccc(C=C=Cc4c(C(=O)O)[nH]n(-c5ccccc5)c4=O)cc3C(C)(C)C(C)(C)C2(C)C)c1. The van der Waals surface area contributed by atoms with Gasteiger partial charge >= 0.3 is 5.97 Å². The van der Waals surface area contributed by atoms with Crippen LogP contribution in [0.4, 0.5) is 11.4 Å². The Labute approximate surface area is 247 Å². The van der Waals surface area contributed by atoms with Gasteiger partial charge in [-0.2, -0.15) is 0 Å². The zero-order valence-electron chi connectivity index (χ0n) is 25.7. The van der Waals surface area contributed by atoms with Crippen molar-refractivity contribution in [3.8, 4) is 5.69 Å². The van der Waals surface area contributed by atoms with Gasteiger partial charge < -0.3 is 10.0 Å². The predicted molar refractivity (Wildman–Crippen MR) is 171 cm³/mol. The van der Waals surface area contributed by atoms with Crippen molar-refractivity contribution in [3.63, 3.8) is 0 Å². The highest BCUT2D eigenvalue weighted by atomic mass is 16.4. The molecule has 2 N–H and O–H groups in total. The van der Waals surface area contributed by atoms with Crippen molar-refractivity contribution in [2.75, 3.05) is 4.90 Å². The molecule has 2 heterocycles. The number of hydrogen-bond donors (Lipinski definition) is 2. The fraction of sp³-hybridized carbons (Fsp3) is 0.306. The van der Waals surface area contributed by atoms with Crippen molar-refractivity contribution in [2.45, 2.75) is 66.3 Å². The molecule has 1 aromatic heterocycles. The molecule has 0 bridgehead atoms. The molecule has 0 spiro atoms. The molecule has 0 saturated heterocycles. The van der Waals surface area contributed by atoms with E-state index < -0.39 is 11.5 Å². The van der Waals surface area contributed by atoms with E-state index >= 15 is 0 Å². The van der Waals surface area contributed by atoms with E-state index in [2.05, 4.69) is 108 Å². The lowest BCUT2D eigenvalue weighted by molar-refractivity contribution is 0.0689. The van der Waals surface area contributed by atoms with Gasteiger partial charge in [-0.1, -0.05) is 58.0 Å². The molecule has 216 valence electrons. The number of carboxylic acid groups (broad SMARTS) is 1. The van der Waals surface area contributed by atoms with Crippen molar-refractivity contribution in [1.29, 1.82) is 0 Å². The molecule has 0 saturated carbocycles. The van der Waals surface area contributed by atoms with E-state index in [1.807, 2.05) is 6.07 Å². The van der Waals surface area contributed by atoms with Gasteiger partial charge in [-0.25, -0.2) is 9.48 Å². The number of nitrogens with one attached hydrogen (secondary N) is 1. The van der Waals surface area contributed by atoms with E-state index in [1.54, 1.807) is 30.3 Å². The second kappa shape index (κ2) is 10.1. The summed E-state index contributed by atoms with van der Waals surface area (Å²) in [5.74, 6) is -1.21. The normalized spacial score (nSPS) is 16.3. The number of nitrogens with zero attached hydrogens (tertiary/aromatic N) is 2. The Morgan fingerprint density at radius 1 is 0.857 bits per heavy atom. The van der Waals surface area contributed by atoms with Crippen molar-refractivity contribution in [1.82, 2.24) is 9.78 Å². The number of benzene rings is 3. The minimum absolute atomic E-state index is 0.0461. The van der Waals surface area contributed by atoms with Crippen LogP contribution in [0, 0.1) is 19.3 Å². The number of fused-ring (bicyclic) bond motifs is 1. The number of para-hydroxylation sites is 1. The molecule has 0 atom stereocenters. The van der Waals surface area contributed by atoms with E-state index in [0.717, 1.165) is 5.56 Å².